The van der Waals surface area contributed by atoms with E-state index >= 15 is 0 Å². The lowest BCUT2D eigenvalue weighted by Crippen LogP contribution is -2.43. The Morgan fingerprint density at radius 1 is 1.33 bits per heavy atom. The van der Waals surface area contributed by atoms with Crippen LogP contribution in [-0.4, -0.2) is 50.8 Å². The highest BCUT2D eigenvalue weighted by Gasteiger charge is 2.22. The minimum atomic E-state index is -3.37. The third kappa shape index (κ3) is 3.83. The SMILES string of the molecule is CN(C)S(=O)(=O)c1cccc(CN2CCCCC2CN)c1. The molecule has 6 heteroatoms. The average molecular weight is 311 g/mol. The molecule has 0 saturated carbocycles. The monoisotopic (exact) mass is 311 g/mol. The Morgan fingerprint density at radius 2 is 2.10 bits per heavy atom. The number of rotatable bonds is 5. The Kier molecular flexibility index (Phi) is 5.37. The summed E-state index contributed by atoms with van der Waals surface area (Å²) in [6.45, 7) is 2.46. The van der Waals surface area contributed by atoms with Gasteiger partial charge in [-0.1, -0.05) is 18.6 Å². The number of hydrogen-bond acceptors (Lipinski definition) is 4. The van der Waals surface area contributed by atoms with Gasteiger partial charge in [0.2, 0.25) is 10.0 Å². The second kappa shape index (κ2) is 6.87. The van der Waals surface area contributed by atoms with Crippen molar-refractivity contribution in [2.24, 2.45) is 5.73 Å². The van der Waals surface area contributed by atoms with Crippen molar-refractivity contribution in [1.29, 1.82) is 0 Å². The molecule has 1 aromatic carbocycles. The summed E-state index contributed by atoms with van der Waals surface area (Å²) in [4.78, 5) is 2.72. The first-order valence-electron chi connectivity index (χ1n) is 7.40. The van der Waals surface area contributed by atoms with Crippen molar-refractivity contribution in [3.63, 3.8) is 0 Å². The molecule has 5 nitrogen and oxygen atoms in total. The van der Waals surface area contributed by atoms with Crippen LogP contribution in [0.25, 0.3) is 0 Å². The molecule has 1 heterocycles. The number of hydrogen-bond donors (Lipinski definition) is 1. The summed E-state index contributed by atoms with van der Waals surface area (Å²) in [6.07, 6.45) is 3.55. The average Bonchev–Trinajstić information content (AvgIpc) is 2.48. The minimum Gasteiger partial charge on any atom is -0.329 e. The van der Waals surface area contributed by atoms with Crippen molar-refractivity contribution in [2.45, 2.75) is 36.7 Å². The lowest BCUT2D eigenvalue weighted by atomic mass is 10.0. The maximum Gasteiger partial charge on any atom is 0.242 e. The fourth-order valence-electron chi connectivity index (χ4n) is 2.78. The molecule has 0 aromatic heterocycles. The second-order valence-corrected chi connectivity index (χ2v) is 7.94. The van der Waals surface area contributed by atoms with Gasteiger partial charge in [0.15, 0.2) is 0 Å². The molecule has 0 amide bonds. The van der Waals surface area contributed by atoms with Gasteiger partial charge in [0.05, 0.1) is 4.90 Å². The largest absolute Gasteiger partial charge is 0.329 e. The molecule has 1 saturated heterocycles. The molecule has 1 atom stereocenters. The molecule has 2 N–H and O–H groups in total. The van der Waals surface area contributed by atoms with Gasteiger partial charge in [-0.25, -0.2) is 12.7 Å². The van der Waals surface area contributed by atoms with Crippen LogP contribution in [0.1, 0.15) is 24.8 Å². The van der Waals surface area contributed by atoms with Crippen LogP contribution >= 0.6 is 0 Å². The van der Waals surface area contributed by atoms with Crippen LogP contribution in [0, 0.1) is 0 Å². The number of nitrogens with zero attached hydrogens (tertiary/aromatic N) is 2. The molecule has 2 rings (SSSR count). The summed E-state index contributed by atoms with van der Waals surface area (Å²) in [5, 5.41) is 0. The molecule has 0 spiro atoms. The molecular formula is C15H25N3O2S. The quantitative estimate of drug-likeness (QED) is 0.889. The van der Waals surface area contributed by atoms with E-state index in [1.165, 1.54) is 17.1 Å². The third-order valence-corrected chi connectivity index (χ3v) is 5.89. The maximum atomic E-state index is 12.2. The van der Waals surface area contributed by atoms with Crippen molar-refractivity contribution in [3.05, 3.63) is 29.8 Å². The molecule has 0 aliphatic carbocycles. The van der Waals surface area contributed by atoms with Gasteiger partial charge < -0.3 is 5.73 Å². The van der Waals surface area contributed by atoms with Gasteiger partial charge in [-0.05, 0) is 37.1 Å². The fourth-order valence-corrected chi connectivity index (χ4v) is 3.76. The van der Waals surface area contributed by atoms with E-state index in [0.717, 1.165) is 25.1 Å². The van der Waals surface area contributed by atoms with Gasteiger partial charge in [0.1, 0.15) is 0 Å². The summed E-state index contributed by atoms with van der Waals surface area (Å²) in [7, 11) is -0.264. The van der Waals surface area contributed by atoms with Crippen LogP contribution < -0.4 is 5.73 Å². The topological polar surface area (TPSA) is 66.6 Å². The van der Waals surface area contributed by atoms with Gasteiger partial charge in [0.25, 0.3) is 0 Å². The molecule has 21 heavy (non-hydrogen) atoms. The first-order valence-corrected chi connectivity index (χ1v) is 8.84. The molecular weight excluding hydrogens is 286 g/mol. The van der Waals surface area contributed by atoms with Gasteiger partial charge in [0, 0.05) is 33.2 Å². The van der Waals surface area contributed by atoms with Crippen molar-refractivity contribution < 1.29 is 8.42 Å². The van der Waals surface area contributed by atoms with Crippen LogP contribution in [0.3, 0.4) is 0 Å². The molecule has 1 aromatic rings. The van der Waals surface area contributed by atoms with Crippen LogP contribution in [0.2, 0.25) is 0 Å². The van der Waals surface area contributed by atoms with Crippen molar-refractivity contribution in [3.8, 4) is 0 Å². The summed E-state index contributed by atoms with van der Waals surface area (Å²) in [5.41, 5.74) is 6.87. The Balaban J connectivity index is 2.18. The third-order valence-electron chi connectivity index (χ3n) is 4.08. The fraction of sp³-hybridized carbons (Fsp3) is 0.600. The van der Waals surface area contributed by atoms with Gasteiger partial charge >= 0.3 is 0 Å². The molecule has 118 valence electrons. The lowest BCUT2D eigenvalue weighted by molar-refractivity contribution is 0.145. The van der Waals surface area contributed by atoms with E-state index in [9.17, 15) is 8.42 Å². The number of nitrogens with two attached hydrogens (primary N) is 1. The number of piperidine rings is 1. The normalized spacial score (nSPS) is 20.9. The van der Waals surface area contributed by atoms with Crippen LogP contribution in [-0.2, 0) is 16.6 Å². The molecule has 1 aliphatic heterocycles. The summed E-state index contributed by atoms with van der Waals surface area (Å²) in [5.74, 6) is 0. The molecule has 1 aliphatic rings. The highest BCUT2D eigenvalue weighted by Crippen LogP contribution is 2.21. The predicted octanol–water partition coefficient (Wildman–Crippen LogP) is 1.25. The molecule has 0 bridgehead atoms. The Bertz CT molecular complexity index is 572. The second-order valence-electron chi connectivity index (χ2n) is 5.79. The van der Waals surface area contributed by atoms with Crippen LogP contribution in [0.15, 0.2) is 29.2 Å². The zero-order valence-corrected chi connectivity index (χ0v) is 13.6. The van der Waals surface area contributed by atoms with Crippen LogP contribution in [0.5, 0.6) is 0 Å². The van der Waals surface area contributed by atoms with Crippen molar-refractivity contribution in [1.82, 2.24) is 9.21 Å². The van der Waals surface area contributed by atoms with Crippen LogP contribution in [0.4, 0.5) is 0 Å². The summed E-state index contributed by atoms with van der Waals surface area (Å²) in [6, 6.07) is 7.63. The van der Waals surface area contributed by atoms with E-state index in [1.54, 1.807) is 26.2 Å². The van der Waals surface area contributed by atoms with E-state index in [-0.39, 0.29) is 0 Å². The zero-order chi connectivity index (χ0) is 15.5. The first kappa shape index (κ1) is 16.4. The van der Waals surface area contributed by atoms with E-state index in [0.29, 0.717) is 17.5 Å². The van der Waals surface area contributed by atoms with Crippen molar-refractivity contribution in [2.75, 3.05) is 27.2 Å². The molecule has 1 fully saturated rings. The number of benzene rings is 1. The predicted molar refractivity (Wildman–Crippen MR) is 84.4 cm³/mol. The smallest absolute Gasteiger partial charge is 0.242 e. The van der Waals surface area contributed by atoms with E-state index in [2.05, 4.69) is 4.90 Å². The Labute approximate surface area is 127 Å². The minimum absolute atomic E-state index is 0.353. The number of sulfonamides is 1. The zero-order valence-electron chi connectivity index (χ0n) is 12.8. The van der Waals surface area contributed by atoms with E-state index in [4.69, 9.17) is 5.73 Å². The van der Waals surface area contributed by atoms with Gasteiger partial charge in [-0.15, -0.1) is 0 Å². The molecule has 0 radical (unpaired) electrons. The van der Waals surface area contributed by atoms with Gasteiger partial charge in [-0.2, -0.15) is 0 Å². The standard InChI is InChI=1S/C15H25N3O2S/c1-17(2)21(19,20)15-8-5-6-13(10-15)12-18-9-4-3-7-14(18)11-16/h5-6,8,10,14H,3-4,7,9,11-12,16H2,1-2H3. The lowest BCUT2D eigenvalue weighted by Gasteiger charge is -2.35. The first-order chi connectivity index (χ1) is 9.95. The Hall–Kier alpha value is -0.950. The van der Waals surface area contributed by atoms with Crippen molar-refractivity contribution >= 4 is 10.0 Å². The maximum absolute atomic E-state index is 12.2. The highest BCUT2D eigenvalue weighted by atomic mass is 32.2. The van der Waals surface area contributed by atoms with E-state index in [1.807, 2.05) is 12.1 Å². The van der Waals surface area contributed by atoms with Gasteiger partial charge in [-0.3, -0.25) is 4.90 Å². The summed E-state index contributed by atoms with van der Waals surface area (Å²) < 4.78 is 25.6. The Morgan fingerprint density at radius 3 is 2.76 bits per heavy atom. The summed E-state index contributed by atoms with van der Waals surface area (Å²) >= 11 is 0. The number of likely N-dealkylation sites (tertiary alicyclic amines) is 1. The highest BCUT2D eigenvalue weighted by molar-refractivity contribution is 7.89. The van der Waals surface area contributed by atoms with E-state index < -0.39 is 10.0 Å². The molecule has 1 unspecified atom stereocenters.